The quantitative estimate of drug-likeness (QED) is 0.673. The molecule has 1 atom stereocenters. The fraction of sp³-hybridized carbons (Fsp3) is 0.381. The number of fused-ring (bicyclic) bond motifs is 2. The van der Waals surface area contributed by atoms with E-state index in [0.29, 0.717) is 18.0 Å². The molecule has 0 radical (unpaired) electrons. The number of nitrogens with one attached hydrogen (secondary N) is 2. The molecule has 2 aliphatic rings. The Morgan fingerprint density at radius 1 is 1.33 bits per heavy atom. The largest absolute Gasteiger partial charge is 0.490 e. The van der Waals surface area contributed by atoms with Crippen molar-refractivity contribution in [3.8, 4) is 16.9 Å². The smallest absolute Gasteiger partial charge is 0.263 e. The number of hydrogen-bond donors (Lipinski definition) is 2. The van der Waals surface area contributed by atoms with E-state index >= 15 is 0 Å². The average molecular weight is 425 g/mol. The first-order chi connectivity index (χ1) is 14.4. The van der Waals surface area contributed by atoms with E-state index in [9.17, 15) is 4.79 Å². The van der Waals surface area contributed by atoms with Crippen LogP contribution in [0.5, 0.6) is 5.75 Å². The lowest BCUT2D eigenvalue weighted by molar-refractivity contribution is 0.0871. The molecular weight excluding hydrogens is 400 g/mol. The van der Waals surface area contributed by atoms with Gasteiger partial charge in [0.15, 0.2) is 5.13 Å². The molecular formula is C21H24N6O2S. The number of rotatable bonds is 3. The van der Waals surface area contributed by atoms with E-state index in [2.05, 4.69) is 26.7 Å². The number of aromatic nitrogens is 3. The van der Waals surface area contributed by atoms with Crippen LogP contribution in [-0.4, -0.2) is 46.4 Å². The van der Waals surface area contributed by atoms with Gasteiger partial charge >= 0.3 is 0 Å². The van der Waals surface area contributed by atoms with Crippen LogP contribution in [0.4, 0.5) is 10.8 Å². The zero-order valence-electron chi connectivity index (χ0n) is 17.4. The molecule has 2 N–H and O–H groups in total. The molecule has 1 unspecified atom stereocenters. The summed E-state index contributed by atoms with van der Waals surface area (Å²) in [6.45, 7) is 5.26. The standard InChI is InChI=1S/C21H24N6O2S/c1-21(2)18(22-3)16-17(19(28)25-21)30-20(24-16)27-7-8-29-15-6-5-12(9-14(15)27)13-10-23-26(4)11-13/h5-6,9-11,18,22H,7-8H2,1-4H3,(H,25,28). The number of carbonyl (C=O) groups is 1. The molecule has 1 amide bonds. The Labute approximate surface area is 178 Å². The number of aryl methyl sites for hydroxylation is 1. The van der Waals surface area contributed by atoms with Crippen molar-refractivity contribution >= 4 is 28.1 Å². The van der Waals surface area contributed by atoms with E-state index in [4.69, 9.17) is 9.72 Å². The molecule has 0 aliphatic carbocycles. The van der Waals surface area contributed by atoms with Gasteiger partial charge in [-0.3, -0.25) is 9.48 Å². The maximum Gasteiger partial charge on any atom is 0.263 e. The number of thiazole rings is 1. The van der Waals surface area contributed by atoms with Crippen LogP contribution in [-0.2, 0) is 7.05 Å². The molecule has 0 saturated carbocycles. The van der Waals surface area contributed by atoms with Crippen LogP contribution in [0.25, 0.3) is 11.1 Å². The van der Waals surface area contributed by atoms with E-state index < -0.39 is 5.54 Å². The van der Waals surface area contributed by atoms with Crippen molar-refractivity contribution in [2.45, 2.75) is 25.4 Å². The number of carbonyl (C=O) groups excluding carboxylic acids is 1. The van der Waals surface area contributed by atoms with Crippen molar-refractivity contribution < 1.29 is 9.53 Å². The summed E-state index contributed by atoms with van der Waals surface area (Å²) in [6, 6.07) is 6.08. The van der Waals surface area contributed by atoms with Crippen LogP contribution in [0.1, 0.15) is 35.3 Å². The fourth-order valence-corrected chi connectivity index (χ4v) is 5.26. The molecule has 9 heteroatoms. The zero-order chi connectivity index (χ0) is 21.0. The van der Waals surface area contributed by atoms with Gasteiger partial charge in [-0.1, -0.05) is 17.4 Å². The Kier molecular flexibility index (Phi) is 4.33. The minimum Gasteiger partial charge on any atom is -0.490 e. The lowest BCUT2D eigenvalue weighted by Crippen LogP contribution is -2.55. The maximum absolute atomic E-state index is 12.7. The molecule has 0 spiro atoms. The Hall–Kier alpha value is -2.91. The molecule has 2 aromatic heterocycles. The molecule has 30 heavy (non-hydrogen) atoms. The Balaban J connectivity index is 1.58. The first-order valence-corrected chi connectivity index (χ1v) is 10.7. The molecule has 0 bridgehead atoms. The third-order valence-electron chi connectivity index (χ3n) is 5.66. The van der Waals surface area contributed by atoms with Crippen molar-refractivity contribution in [3.05, 3.63) is 41.2 Å². The summed E-state index contributed by atoms with van der Waals surface area (Å²) in [6.07, 6.45) is 3.84. The van der Waals surface area contributed by atoms with Crippen LogP contribution < -0.4 is 20.3 Å². The minimum atomic E-state index is -0.416. The number of amides is 1. The molecule has 3 aromatic rings. The average Bonchev–Trinajstić information content (AvgIpc) is 3.34. The third kappa shape index (κ3) is 2.96. The minimum absolute atomic E-state index is 0.0579. The van der Waals surface area contributed by atoms with Crippen molar-refractivity contribution in [1.82, 2.24) is 25.4 Å². The third-order valence-corrected chi connectivity index (χ3v) is 6.75. The van der Waals surface area contributed by atoms with Crippen molar-refractivity contribution in [3.63, 3.8) is 0 Å². The van der Waals surface area contributed by atoms with Crippen molar-refractivity contribution in [1.29, 1.82) is 0 Å². The van der Waals surface area contributed by atoms with Gasteiger partial charge in [-0.05, 0) is 38.6 Å². The van der Waals surface area contributed by atoms with Crippen molar-refractivity contribution in [2.75, 3.05) is 25.1 Å². The van der Waals surface area contributed by atoms with Gasteiger partial charge in [-0.15, -0.1) is 0 Å². The van der Waals surface area contributed by atoms with E-state index in [1.165, 1.54) is 11.3 Å². The summed E-state index contributed by atoms with van der Waals surface area (Å²) in [5, 5.41) is 11.5. The first-order valence-electron chi connectivity index (χ1n) is 9.91. The van der Waals surface area contributed by atoms with Gasteiger partial charge in [-0.25, -0.2) is 4.98 Å². The predicted molar refractivity (Wildman–Crippen MR) is 117 cm³/mol. The van der Waals surface area contributed by atoms with Gasteiger partial charge in [0.05, 0.1) is 35.7 Å². The summed E-state index contributed by atoms with van der Waals surface area (Å²) >= 11 is 1.43. The zero-order valence-corrected chi connectivity index (χ0v) is 18.2. The summed E-state index contributed by atoms with van der Waals surface area (Å²) in [4.78, 5) is 20.5. The molecule has 4 heterocycles. The summed E-state index contributed by atoms with van der Waals surface area (Å²) in [7, 11) is 3.80. The number of hydrogen-bond acceptors (Lipinski definition) is 7. The molecule has 1 aromatic carbocycles. The highest BCUT2D eigenvalue weighted by atomic mass is 32.1. The van der Waals surface area contributed by atoms with Gasteiger partial charge in [0.25, 0.3) is 5.91 Å². The molecule has 8 nitrogen and oxygen atoms in total. The van der Waals surface area contributed by atoms with Crippen LogP contribution in [0.3, 0.4) is 0 Å². The van der Waals surface area contributed by atoms with E-state index in [1.807, 2.05) is 52.5 Å². The summed E-state index contributed by atoms with van der Waals surface area (Å²) < 4.78 is 7.68. The van der Waals surface area contributed by atoms with E-state index in [1.54, 1.807) is 4.68 Å². The first kappa shape index (κ1) is 19.1. The highest BCUT2D eigenvalue weighted by Gasteiger charge is 2.42. The normalized spacial score (nSPS) is 19.7. The van der Waals surface area contributed by atoms with Gasteiger partial charge in [0, 0.05) is 18.8 Å². The Morgan fingerprint density at radius 3 is 2.90 bits per heavy atom. The fourth-order valence-electron chi connectivity index (χ4n) is 4.22. The summed E-state index contributed by atoms with van der Waals surface area (Å²) in [5.41, 5.74) is 3.45. The molecule has 156 valence electrons. The molecule has 0 saturated heterocycles. The number of anilines is 2. The lowest BCUT2D eigenvalue weighted by Gasteiger charge is -2.37. The van der Waals surface area contributed by atoms with Crippen LogP contribution in [0.15, 0.2) is 30.6 Å². The van der Waals surface area contributed by atoms with Gasteiger partial charge in [0.2, 0.25) is 0 Å². The summed E-state index contributed by atoms with van der Waals surface area (Å²) in [5.74, 6) is 0.750. The molecule has 2 aliphatic heterocycles. The second-order valence-corrected chi connectivity index (χ2v) is 9.17. The second-order valence-electron chi connectivity index (χ2n) is 8.19. The maximum atomic E-state index is 12.7. The van der Waals surface area contributed by atoms with Gasteiger partial charge in [-0.2, -0.15) is 5.10 Å². The number of nitrogens with zero attached hydrogens (tertiary/aromatic N) is 4. The van der Waals surface area contributed by atoms with Crippen LogP contribution in [0, 0.1) is 0 Å². The number of likely N-dealkylation sites (N-methyl/N-ethyl adjacent to an activating group) is 1. The lowest BCUT2D eigenvalue weighted by atomic mass is 9.88. The van der Waals surface area contributed by atoms with E-state index in [-0.39, 0.29) is 11.9 Å². The Morgan fingerprint density at radius 2 is 2.17 bits per heavy atom. The highest BCUT2D eigenvalue weighted by Crippen LogP contribution is 2.44. The highest BCUT2D eigenvalue weighted by molar-refractivity contribution is 7.17. The van der Waals surface area contributed by atoms with Crippen LogP contribution >= 0.6 is 11.3 Å². The predicted octanol–water partition coefficient (Wildman–Crippen LogP) is 2.86. The second kappa shape index (κ2) is 6.82. The Bertz CT molecular complexity index is 1130. The van der Waals surface area contributed by atoms with Crippen LogP contribution in [0.2, 0.25) is 0 Å². The van der Waals surface area contributed by atoms with E-state index in [0.717, 1.165) is 33.4 Å². The number of benzene rings is 1. The molecule has 5 rings (SSSR count). The van der Waals surface area contributed by atoms with Crippen molar-refractivity contribution in [2.24, 2.45) is 7.05 Å². The number of ether oxygens (including phenoxy) is 1. The van der Waals surface area contributed by atoms with Gasteiger partial charge < -0.3 is 20.3 Å². The topological polar surface area (TPSA) is 84.3 Å². The monoisotopic (exact) mass is 424 g/mol. The van der Waals surface area contributed by atoms with Gasteiger partial charge in [0.1, 0.15) is 17.2 Å². The molecule has 0 fully saturated rings. The SMILES string of the molecule is CNC1c2nc(N3CCOc4ccc(-c5cnn(C)c5)cc43)sc2C(=O)NC1(C)C.